The van der Waals surface area contributed by atoms with E-state index in [0.29, 0.717) is 13.0 Å². The third-order valence-electron chi connectivity index (χ3n) is 3.83. The summed E-state index contributed by atoms with van der Waals surface area (Å²) in [6.07, 6.45) is 0.503. The van der Waals surface area contributed by atoms with E-state index < -0.39 is 11.4 Å². The number of nitrogens with one attached hydrogen (secondary N) is 1. The number of methoxy groups -OCH3 is 1. The Morgan fingerprint density at radius 3 is 2.54 bits per heavy atom. The monoisotopic (exact) mass is 394 g/mol. The van der Waals surface area contributed by atoms with Gasteiger partial charge in [0.2, 0.25) is 5.91 Å². The Morgan fingerprint density at radius 1 is 1.29 bits per heavy atom. The molecule has 24 heavy (non-hydrogen) atoms. The van der Waals surface area contributed by atoms with Crippen molar-refractivity contribution in [3.63, 3.8) is 0 Å². The van der Waals surface area contributed by atoms with E-state index in [1.165, 1.54) is 13.2 Å². The first kappa shape index (κ1) is 18.4. The number of carbonyl (C=O) groups excluding carboxylic acids is 1. The minimum atomic E-state index is -1.13. The lowest BCUT2D eigenvalue weighted by Crippen LogP contribution is -2.49. The van der Waals surface area contributed by atoms with Gasteiger partial charge in [-0.1, -0.05) is 34.1 Å². The van der Waals surface area contributed by atoms with E-state index in [9.17, 15) is 9.18 Å². The van der Waals surface area contributed by atoms with Gasteiger partial charge in [-0.15, -0.1) is 0 Å². The van der Waals surface area contributed by atoms with Gasteiger partial charge in [0, 0.05) is 11.0 Å². The summed E-state index contributed by atoms with van der Waals surface area (Å²) in [5.41, 5.74) is 6.53. The van der Waals surface area contributed by atoms with Crippen LogP contribution < -0.4 is 15.8 Å². The van der Waals surface area contributed by atoms with Gasteiger partial charge in [-0.3, -0.25) is 4.79 Å². The molecule has 0 aromatic heterocycles. The standard InChI is InChI=1S/C18H20BrFN2O2/c1-18(21,13-4-6-14(19)7-5-13)17(23)22-10-9-12-3-8-16(24-2)15(20)11-12/h3-8,11H,9-10,21H2,1-2H3,(H,22,23). The normalized spacial score (nSPS) is 13.2. The van der Waals surface area contributed by atoms with Gasteiger partial charge in [-0.25, -0.2) is 4.39 Å². The van der Waals surface area contributed by atoms with Crippen LogP contribution in [-0.4, -0.2) is 19.6 Å². The molecule has 2 aromatic rings. The van der Waals surface area contributed by atoms with Crippen LogP contribution in [0.4, 0.5) is 4.39 Å². The molecular weight excluding hydrogens is 375 g/mol. The van der Waals surface area contributed by atoms with Crippen LogP contribution in [0, 0.1) is 5.82 Å². The van der Waals surface area contributed by atoms with Crippen molar-refractivity contribution in [3.8, 4) is 5.75 Å². The second-order valence-electron chi connectivity index (χ2n) is 5.68. The number of carbonyl (C=O) groups is 1. The number of nitrogens with two attached hydrogens (primary N) is 1. The van der Waals surface area contributed by atoms with Crippen molar-refractivity contribution in [2.45, 2.75) is 18.9 Å². The van der Waals surface area contributed by atoms with Crippen LogP contribution in [0.1, 0.15) is 18.1 Å². The molecule has 128 valence electrons. The molecule has 6 heteroatoms. The van der Waals surface area contributed by atoms with Gasteiger partial charge in [0.25, 0.3) is 0 Å². The molecule has 0 spiro atoms. The molecule has 0 bridgehead atoms. The van der Waals surface area contributed by atoms with Gasteiger partial charge in [0.05, 0.1) is 7.11 Å². The first-order valence-electron chi connectivity index (χ1n) is 7.50. The molecule has 1 unspecified atom stereocenters. The van der Waals surface area contributed by atoms with E-state index in [2.05, 4.69) is 21.2 Å². The predicted octanol–water partition coefficient (Wildman–Crippen LogP) is 3.13. The summed E-state index contributed by atoms with van der Waals surface area (Å²) >= 11 is 3.35. The largest absolute Gasteiger partial charge is 0.494 e. The molecule has 0 radical (unpaired) electrons. The molecule has 2 aromatic carbocycles. The third kappa shape index (κ3) is 4.33. The van der Waals surface area contributed by atoms with Crippen molar-refractivity contribution >= 4 is 21.8 Å². The fourth-order valence-corrected chi connectivity index (χ4v) is 2.56. The van der Waals surface area contributed by atoms with Crippen LogP contribution in [0.5, 0.6) is 5.75 Å². The number of amides is 1. The highest BCUT2D eigenvalue weighted by molar-refractivity contribution is 9.10. The zero-order valence-corrected chi connectivity index (χ0v) is 15.2. The van der Waals surface area contributed by atoms with Crippen LogP contribution >= 0.6 is 15.9 Å². The maximum absolute atomic E-state index is 13.6. The maximum atomic E-state index is 13.6. The lowest BCUT2D eigenvalue weighted by Gasteiger charge is -2.24. The number of hydrogen-bond donors (Lipinski definition) is 2. The van der Waals surface area contributed by atoms with Crippen molar-refractivity contribution in [3.05, 3.63) is 63.9 Å². The van der Waals surface area contributed by atoms with E-state index in [1.807, 2.05) is 24.3 Å². The summed E-state index contributed by atoms with van der Waals surface area (Å²) in [6, 6.07) is 12.0. The Labute approximate surface area is 149 Å². The third-order valence-corrected chi connectivity index (χ3v) is 4.36. The Bertz CT molecular complexity index is 717. The van der Waals surface area contributed by atoms with E-state index in [0.717, 1.165) is 15.6 Å². The molecule has 0 aliphatic heterocycles. The Balaban J connectivity index is 1.95. The molecule has 2 rings (SSSR count). The fourth-order valence-electron chi connectivity index (χ4n) is 2.30. The Hall–Kier alpha value is -1.92. The lowest BCUT2D eigenvalue weighted by molar-refractivity contribution is -0.126. The van der Waals surface area contributed by atoms with E-state index in [-0.39, 0.29) is 11.7 Å². The maximum Gasteiger partial charge on any atom is 0.244 e. The van der Waals surface area contributed by atoms with Crippen molar-refractivity contribution in [2.75, 3.05) is 13.7 Å². The highest BCUT2D eigenvalue weighted by Gasteiger charge is 2.30. The van der Waals surface area contributed by atoms with Gasteiger partial charge in [0.15, 0.2) is 11.6 Å². The molecule has 3 N–H and O–H groups in total. The summed E-state index contributed by atoms with van der Waals surface area (Å²) in [5, 5.41) is 2.80. The number of benzene rings is 2. The minimum Gasteiger partial charge on any atom is -0.494 e. The second-order valence-corrected chi connectivity index (χ2v) is 6.60. The van der Waals surface area contributed by atoms with Gasteiger partial charge in [-0.2, -0.15) is 0 Å². The average Bonchev–Trinajstić information content (AvgIpc) is 2.55. The zero-order valence-electron chi connectivity index (χ0n) is 13.6. The summed E-state index contributed by atoms with van der Waals surface area (Å²) in [7, 11) is 1.42. The quantitative estimate of drug-likeness (QED) is 0.790. The van der Waals surface area contributed by atoms with Gasteiger partial charge < -0.3 is 15.8 Å². The van der Waals surface area contributed by atoms with Crippen molar-refractivity contribution in [1.29, 1.82) is 0 Å². The van der Waals surface area contributed by atoms with Crippen molar-refractivity contribution < 1.29 is 13.9 Å². The molecule has 4 nitrogen and oxygen atoms in total. The van der Waals surface area contributed by atoms with Gasteiger partial charge in [0.1, 0.15) is 5.54 Å². The molecule has 1 atom stereocenters. The molecular formula is C18H20BrFN2O2. The van der Waals surface area contributed by atoms with Crippen LogP contribution in [0.3, 0.4) is 0 Å². The lowest BCUT2D eigenvalue weighted by atomic mass is 9.92. The molecule has 1 amide bonds. The minimum absolute atomic E-state index is 0.201. The molecule has 0 aliphatic rings. The highest BCUT2D eigenvalue weighted by atomic mass is 79.9. The highest BCUT2D eigenvalue weighted by Crippen LogP contribution is 2.21. The Morgan fingerprint density at radius 2 is 1.96 bits per heavy atom. The fraction of sp³-hybridized carbons (Fsp3) is 0.278. The topological polar surface area (TPSA) is 64.3 Å². The van der Waals surface area contributed by atoms with E-state index >= 15 is 0 Å². The number of ether oxygens (including phenoxy) is 1. The molecule has 0 fully saturated rings. The molecule has 0 aliphatic carbocycles. The summed E-state index contributed by atoms with van der Waals surface area (Å²) in [6.45, 7) is 2.03. The zero-order chi connectivity index (χ0) is 17.7. The van der Waals surface area contributed by atoms with E-state index in [4.69, 9.17) is 10.5 Å². The van der Waals surface area contributed by atoms with Crippen LogP contribution in [-0.2, 0) is 16.8 Å². The summed E-state index contributed by atoms with van der Waals surface area (Å²) in [4.78, 5) is 12.4. The predicted molar refractivity (Wildman–Crippen MR) is 95.3 cm³/mol. The molecule has 0 saturated heterocycles. The molecule has 0 heterocycles. The number of hydrogen-bond acceptors (Lipinski definition) is 3. The van der Waals surface area contributed by atoms with Crippen LogP contribution in [0.25, 0.3) is 0 Å². The van der Waals surface area contributed by atoms with Gasteiger partial charge in [-0.05, 0) is 48.7 Å². The molecule has 0 saturated carbocycles. The summed E-state index contributed by atoms with van der Waals surface area (Å²) in [5.74, 6) is -0.494. The SMILES string of the molecule is COc1ccc(CCNC(=O)C(C)(N)c2ccc(Br)cc2)cc1F. The van der Waals surface area contributed by atoms with Crippen molar-refractivity contribution in [1.82, 2.24) is 5.32 Å². The first-order valence-corrected chi connectivity index (χ1v) is 8.29. The summed E-state index contributed by atoms with van der Waals surface area (Å²) < 4.78 is 19.4. The average molecular weight is 395 g/mol. The number of halogens is 2. The first-order chi connectivity index (χ1) is 11.3. The number of rotatable bonds is 6. The van der Waals surface area contributed by atoms with Gasteiger partial charge >= 0.3 is 0 Å². The van der Waals surface area contributed by atoms with Crippen LogP contribution in [0.2, 0.25) is 0 Å². The second kappa shape index (κ2) is 7.77. The van der Waals surface area contributed by atoms with Crippen LogP contribution in [0.15, 0.2) is 46.9 Å². The van der Waals surface area contributed by atoms with Crippen molar-refractivity contribution in [2.24, 2.45) is 5.73 Å². The smallest absolute Gasteiger partial charge is 0.244 e. The van der Waals surface area contributed by atoms with E-state index in [1.54, 1.807) is 19.1 Å². The Kier molecular flexibility index (Phi) is 5.96.